The molecule has 7 nitrogen and oxygen atoms in total. The summed E-state index contributed by atoms with van der Waals surface area (Å²) in [6.07, 6.45) is 5.37. The highest BCUT2D eigenvalue weighted by atomic mass is 32.1. The molecule has 37 heavy (non-hydrogen) atoms. The first-order chi connectivity index (χ1) is 18.0. The molecule has 0 bridgehead atoms. The fourth-order valence-corrected chi connectivity index (χ4v) is 5.58. The molecule has 1 unspecified atom stereocenters. The predicted octanol–water partition coefficient (Wildman–Crippen LogP) is 5.54. The highest BCUT2D eigenvalue weighted by molar-refractivity contribution is 7.10. The van der Waals surface area contributed by atoms with Crippen molar-refractivity contribution < 1.29 is 23.8 Å². The van der Waals surface area contributed by atoms with Crippen LogP contribution in [0.15, 0.2) is 60.0 Å². The highest BCUT2D eigenvalue weighted by Crippen LogP contribution is 2.40. The van der Waals surface area contributed by atoms with E-state index in [1.807, 2.05) is 29.6 Å². The molecule has 1 atom stereocenters. The van der Waals surface area contributed by atoms with Gasteiger partial charge in [0.2, 0.25) is 11.8 Å². The lowest BCUT2D eigenvalue weighted by Gasteiger charge is -2.34. The van der Waals surface area contributed by atoms with Crippen molar-refractivity contribution >= 4 is 28.8 Å². The average Bonchev–Trinajstić information content (AvgIpc) is 3.44. The summed E-state index contributed by atoms with van der Waals surface area (Å²) in [4.78, 5) is 30.6. The minimum atomic E-state index is -0.965. The van der Waals surface area contributed by atoms with Gasteiger partial charge >= 0.3 is 0 Å². The summed E-state index contributed by atoms with van der Waals surface area (Å²) >= 11 is 1.52. The van der Waals surface area contributed by atoms with Crippen LogP contribution in [0.4, 0.5) is 5.69 Å². The van der Waals surface area contributed by atoms with Crippen molar-refractivity contribution in [1.29, 1.82) is 0 Å². The Morgan fingerprint density at radius 3 is 2.32 bits per heavy atom. The Morgan fingerprint density at radius 1 is 0.946 bits per heavy atom. The second-order valence-corrected chi connectivity index (χ2v) is 10.1. The van der Waals surface area contributed by atoms with Crippen LogP contribution in [0.25, 0.3) is 0 Å². The van der Waals surface area contributed by atoms with Gasteiger partial charge in [-0.15, -0.1) is 11.3 Å². The van der Waals surface area contributed by atoms with Crippen LogP contribution in [0.1, 0.15) is 48.6 Å². The van der Waals surface area contributed by atoms with Gasteiger partial charge in [0.15, 0.2) is 11.5 Å². The van der Waals surface area contributed by atoms with E-state index in [1.54, 1.807) is 56.6 Å². The predicted molar refractivity (Wildman–Crippen MR) is 146 cm³/mol. The van der Waals surface area contributed by atoms with Crippen LogP contribution in [-0.4, -0.2) is 39.2 Å². The van der Waals surface area contributed by atoms with Crippen LogP contribution in [-0.2, 0) is 16.0 Å². The van der Waals surface area contributed by atoms with E-state index in [0.29, 0.717) is 28.5 Å². The molecule has 0 saturated heterocycles. The maximum absolute atomic E-state index is 14.1. The number of hydrogen-bond donors (Lipinski definition) is 1. The second kappa shape index (κ2) is 12.6. The zero-order chi connectivity index (χ0) is 26.2. The van der Waals surface area contributed by atoms with Crippen molar-refractivity contribution in [2.45, 2.75) is 50.6 Å². The quantitative estimate of drug-likeness (QED) is 0.378. The van der Waals surface area contributed by atoms with E-state index in [9.17, 15) is 9.59 Å². The number of benzene rings is 2. The SMILES string of the molecule is COc1ccc(N(C(=O)Cc2cccs2)C(C(=O)NC2CCCCC2)c2cccc(OC)c2OC)cc1. The van der Waals surface area contributed by atoms with Crippen LogP contribution < -0.4 is 24.4 Å². The van der Waals surface area contributed by atoms with Gasteiger partial charge in [-0.1, -0.05) is 37.5 Å². The lowest BCUT2D eigenvalue weighted by Crippen LogP contribution is -2.47. The summed E-state index contributed by atoms with van der Waals surface area (Å²) in [7, 11) is 4.70. The zero-order valence-electron chi connectivity index (χ0n) is 21.6. The number of rotatable bonds is 10. The van der Waals surface area contributed by atoms with Gasteiger partial charge in [0.1, 0.15) is 11.8 Å². The largest absolute Gasteiger partial charge is 0.497 e. The molecule has 4 rings (SSSR count). The van der Waals surface area contributed by atoms with Crippen LogP contribution in [0.5, 0.6) is 17.2 Å². The van der Waals surface area contributed by atoms with Gasteiger partial charge in [-0.25, -0.2) is 0 Å². The third-order valence-electron chi connectivity index (χ3n) is 6.71. The monoisotopic (exact) mass is 522 g/mol. The molecular weight excluding hydrogens is 488 g/mol. The second-order valence-electron chi connectivity index (χ2n) is 9.05. The standard InChI is InChI=1S/C29H34N2O5S/c1-34-22-16-14-21(15-17-22)31(26(32)19-23-11-8-18-37-23)27(29(33)30-20-9-5-4-6-10-20)24-12-7-13-25(35-2)28(24)36-3/h7-8,11-18,20,27H,4-6,9-10,19H2,1-3H3,(H,30,33). The Morgan fingerprint density at radius 2 is 1.70 bits per heavy atom. The van der Waals surface area contributed by atoms with E-state index < -0.39 is 6.04 Å². The summed E-state index contributed by atoms with van der Waals surface area (Å²) in [5, 5.41) is 5.18. The van der Waals surface area contributed by atoms with E-state index >= 15 is 0 Å². The van der Waals surface area contributed by atoms with E-state index in [-0.39, 0.29) is 24.3 Å². The summed E-state index contributed by atoms with van der Waals surface area (Å²) in [5.74, 6) is 1.15. The number of methoxy groups -OCH3 is 3. The van der Waals surface area contributed by atoms with Gasteiger partial charge in [0.05, 0.1) is 27.8 Å². The Kier molecular flexibility index (Phi) is 9.06. The number of thiophene rings is 1. The number of para-hydroxylation sites is 1. The minimum absolute atomic E-state index is 0.0745. The minimum Gasteiger partial charge on any atom is -0.497 e. The highest BCUT2D eigenvalue weighted by Gasteiger charge is 2.36. The molecule has 3 aromatic rings. The molecule has 1 aliphatic rings. The normalized spacial score (nSPS) is 14.5. The molecule has 8 heteroatoms. The van der Waals surface area contributed by atoms with Gasteiger partial charge < -0.3 is 19.5 Å². The van der Waals surface area contributed by atoms with Gasteiger partial charge in [-0.2, -0.15) is 0 Å². The molecule has 2 aromatic carbocycles. The number of ether oxygens (including phenoxy) is 3. The van der Waals surface area contributed by atoms with Crippen LogP contribution in [0.2, 0.25) is 0 Å². The van der Waals surface area contributed by atoms with Crippen molar-refractivity contribution in [1.82, 2.24) is 5.32 Å². The molecule has 2 amide bonds. The molecule has 1 aromatic heterocycles. The molecule has 0 aliphatic heterocycles. The average molecular weight is 523 g/mol. The van der Waals surface area contributed by atoms with Crippen LogP contribution in [0, 0.1) is 0 Å². The molecule has 1 aliphatic carbocycles. The van der Waals surface area contributed by atoms with Crippen molar-refractivity contribution in [3.05, 3.63) is 70.4 Å². The van der Waals surface area contributed by atoms with Crippen LogP contribution in [0.3, 0.4) is 0 Å². The summed E-state index contributed by atoms with van der Waals surface area (Å²) in [6, 6.07) is 15.6. The van der Waals surface area contributed by atoms with Gasteiger partial charge in [0.25, 0.3) is 0 Å². The third-order valence-corrected chi connectivity index (χ3v) is 7.59. The van der Waals surface area contributed by atoms with Crippen LogP contribution >= 0.6 is 11.3 Å². The number of carbonyl (C=O) groups is 2. The van der Waals surface area contributed by atoms with Crippen molar-refractivity contribution in [2.75, 3.05) is 26.2 Å². The first kappa shape index (κ1) is 26.5. The molecule has 1 fully saturated rings. The molecule has 0 spiro atoms. The molecule has 1 N–H and O–H groups in total. The number of amides is 2. The maximum atomic E-state index is 14.1. The number of hydrogen-bond acceptors (Lipinski definition) is 6. The summed E-state index contributed by atoms with van der Waals surface area (Å²) in [6.45, 7) is 0. The maximum Gasteiger partial charge on any atom is 0.248 e. The first-order valence-corrected chi connectivity index (χ1v) is 13.4. The fraction of sp³-hybridized carbons (Fsp3) is 0.379. The Bertz CT molecular complexity index is 1170. The Labute approximate surface area is 222 Å². The van der Waals surface area contributed by atoms with Crippen molar-refractivity contribution in [2.24, 2.45) is 0 Å². The zero-order valence-corrected chi connectivity index (χ0v) is 22.4. The van der Waals surface area contributed by atoms with Crippen molar-refractivity contribution in [3.63, 3.8) is 0 Å². The number of nitrogens with one attached hydrogen (secondary N) is 1. The Hall–Kier alpha value is -3.52. The van der Waals surface area contributed by atoms with E-state index in [1.165, 1.54) is 17.8 Å². The van der Waals surface area contributed by atoms with E-state index in [4.69, 9.17) is 14.2 Å². The van der Waals surface area contributed by atoms with Crippen molar-refractivity contribution in [3.8, 4) is 17.2 Å². The molecule has 1 heterocycles. The Balaban J connectivity index is 1.83. The molecule has 1 saturated carbocycles. The topological polar surface area (TPSA) is 77.1 Å². The number of anilines is 1. The number of nitrogens with zero attached hydrogens (tertiary/aromatic N) is 1. The lowest BCUT2D eigenvalue weighted by atomic mass is 9.94. The van der Waals surface area contributed by atoms with E-state index in [0.717, 1.165) is 30.6 Å². The summed E-state index contributed by atoms with van der Waals surface area (Å²) in [5.41, 5.74) is 1.15. The molecule has 196 valence electrons. The van der Waals surface area contributed by atoms with Gasteiger partial charge in [0, 0.05) is 22.2 Å². The smallest absolute Gasteiger partial charge is 0.248 e. The first-order valence-electron chi connectivity index (χ1n) is 12.6. The lowest BCUT2D eigenvalue weighted by molar-refractivity contribution is -0.127. The summed E-state index contributed by atoms with van der Waals surface area (Å²) < 4.78 is 16.6. The van der Waals surface area contributed by atoms with Gasteiger partial charge in [-0.05, 0) is 54.6 Å². The third kappa shape index (κ3) is 6.25. The fourth-order valence-electron chi connectivity index (χ4n) is 4.88. The van der Waals surface area contributed by atoms with E-state index in [2.05, 4.69) is 5.32 Å². The number of carbonyl (C=O) groups excluding carboxylic acids is 2. The molecular formula is C29H34N2O5S. The van der Waals surface area contributed by atoms with Gasteiger partial charge in [-0.3, -0.25) is 14.5 Å². The molecule has 0 radical (unpaired) electrons.